The van der Waals surface area contributed by atoms with Gasteiger partial charge in [0.1, 0.15) is 23.1 Å². The van der Waals surface area contributed by atoms with Crippen molar-refractivity contribution < 1.29 is 28.6 Å². The highest BCUT2D eigenvalue weighted by Gasteiger charge is 2.47. The molecule has 1 unspecified atom stereocenters. The van der Waals surface area contributed by atoms with E-state index in [1.165, 1.54) is 30.2 Å². The Balaban J connectivity index is 1.69. The van der Waals surface area contributed by atoms with E-state index in [9.17, 15) is 19.1 Å². The summed E-state index contributed by atoms with van der Waals surface area (Å²) in [6, 6.07) is 16.6. The first-order chi connectivity index (χ1) is 16.5. The molecule has 3 aromatic rings. The number of halogens is 1. The monoisotopic (exact) mass is 459 g/mol. The van der Waals surface area contributed by atoms with E-state index in [4.69, 9.17) is 9.47 Å². The van der Waals surface area contributed by atoms with Gasteiger partial charge in [-0.15, -0.1) is 0 Å². The SMILES string of the molecule is COc1ccc(C2/C(=C(/O)c3ccc4c(c3)CCCO4)C(=O)C(=O)N2c2cccc(F)c2)cc1. The summed E-state index contributed by atoms with van der Waals surface area (Å²) in [7, 11) is 1.54. The van der Waals surface area contributed by atoms with Crippen molar-refractivity contribution in [2.24, 2.45) is 0 Å². The number of carbonyl (C=O) groups excluding carboxylic acids is 2. The molecule has 2 heterocycles. The van der Waals surface area contributed by atoms with Crippen molar-refractivity contribution in [1.82, 2.24) is 0 Å². The van der Waals surface area contributed by atoms with Crippen LogP contribution in [0.15, 0.2) is 72.3 Å². The number of carbonyl (C=O) groups is 2. The number of fused-ring (bicyclic) bond motifs is 1. The van der Waals surface area contributed by atoms with E-state index in [1.54, 1.807) is 48.5 Å². The van der Waals surface area contributed by atoms with E-state index in [0.717, 1.165) is 24.2 Å². The van der Waals surface area contributed by atoms with Crippen molar-refractivity contribution in [1.29, 1.82) is 0 Å². The minimum Gasteiger partial charge on any atom is -0.507 e. The van der Waals surface area contributed by atoms with Gasteiger partial charge in [-0.25, -0.2) is 4.39 Å². The number of aliphatic hydroxyl groups is 1. The first-order valence-electron chi connectivity index (χ1n) is 10.9. The highest BCUT2D eigenvalue weighted by atomic mass is 19.1. The maximum absolute atomic E-state index is 14.0. The largest absolute Gasteiger partial charge is 0.507 e. The molecular formula is C27H22FNO5. The molecule has 0 aliphatic carbocycles. The minimum atomic E-state index is -0.944. The van der Waals surface area contributed by atoms with Gasteiger partial charge >= 0.3 is 0 Å². The number of nitrogens with zero attached hydrogens (tertiary/aromatic N) is 1. The Morgan fingerprint density at radius 2 is 1.88 bits per heavy atom. The molecule has 5 rings (SSSR count). The van der Waals surface area contributed by atoms with Crippen LogP contribution in [0.5, 0.6) is 11.5 Å². The molecule has 0 spiro atoms. The van der Waals surface area contributed by atoms with Crippen LogP contribution in [0, 0.1) is 5.82 Å². The van der Waals surface area contributed by atoms with Crippen LogP contribution in [0.3, 0.4) is 0 Å². The molecule has 1 atom stereocenters. The second kappa shape index (κ2) is 8.67. The predicted molar refractivity (Wildman–Crippen MR) is 124 cm³/mol. The second-order valence-electron chi connectivity index (χ2n) is 8.20. The fourth-order valence-corrected chi connectivity index (χ4v) is 4.49. The van der Waals surface area contributed by atoms with Crippen LogP contribution >= 0.6 is 0 Å². The van der Waals surface area contributed by atoms with Gasteiger partial charge in [0.25, 0.3) is 11.7 Å². The smallest absolute Gasteiger partial charge is 0.300 e. The number of hydrogen-bond donors (Lipinski definition) is 1. The number of amides is 1. The number of hydrogen-bond acceptors (Lipinski definition) is 5. The Hall–Kier alpha value is -4.13. The summed E-state index contributed by atoms with van der Waals surface area (Å²) in [5.74, 6) is -1.16. The Labute approximate surface area is 195 Å². The van der Waals surface area contributed by atoms with Crippen molar-refractivity contribution in [2.45, 2.75) is 18.9 Å². The number of anilines is 1. The molecular weight excluding hydrogens is 437 g/mol. The standard InChI is InChI=1S/C27H22FNO5/c1-33-21-10-7-16(8-11-21)24-23(25(30)18-9-12-22-17(14-18)4-3-13-34-22)26(31)27(32)29(24)20-6-2-5-19(28)15-20/h2,5-12,14-15,24,30H,3-4,13H2,1H3/b25-23-. The summed E-state index contributed by atoms with van der Waals surface area (Å²) in [4.78, 5) is 27.6. The zero-order valence-corrected chi connectivity index (χ0v) is 18.5. The first-order valence-corrected chi connectivity index (χ1v) is 10.9. The molecule has 1 amide bonds. The van der Waals surface area contributed by atoms with Crippen LogP contribution in [-0.2, 0) is 16.0 Å². The number of aryl methyl sites for hydroxylation is 1. The minimum absolute atomic E-state index is 0.0592. The fourth-order valence-electron chi connectivity index (χ4n) is 4.49. The molecule has 1 saturated heterocycles. The summed E-state index contributed by atoms with van der Waals surface area (Å²) < 4.78 is 24.9. The van der Waals surface area contributed by atoms with Crippen molar-refractivity contribution in [3.05, 3.63) is 94.8 Å². The van der Waals surface area contributed by atoms with E-state index in [1.807, 2.05) is 0 Å². The van der Waals surface area contributed by atoms with E-state index in [-0.39, 0.29) is 17.0 Å². The molecule has 3 aromatic carbocycles. The molecule has 172 valence electrons. The number of ketones is 1. The summed E-state index contributed by atoms with van der Waals surface area (Å²) >= 11 is 0. The van der Waals surface area contributed by atoms with Gasteiger partial charge in [-0.05, 0) is 72.5 Å². The summed E-state index contributed by atoms with van der Waals surface area (Å²) in [6.07, 6.45) is 1.64. The van der Waals surface area contributed by atoms with Crippen molar-refractivity contribution in [3.8, 4) is 11.5 Å². The Morgan fingerprint density at radius 1 is 1.09 bits per heavy atom. The van der Waals surface area contributed by atoms with Gasteiger partial charge in [-0.1, -0.05) is 18.2 Å². The van der Waals surface area contributed by atoms with Gasteiger partial charge in [0.05, 0.1) is 25.3 Å². The van der Waals surface area contributed by atoms with E-state index >= 15 is 0 Å². The molecule has 7 heteroatoms. The number of benzene rings is 3. The maximum atomic E-state index is 14.0. The van der Waals surface area contributed by atoms with Gasteiger partial charge in [0.2, 0.25) is 0 Å². The molecule has 1 N–H and O–H groups in total. The zero-order valence-electron chi connectivity index (χ0n) is 18.5. The highest BCUT2D eigenvalue weighted by Crippen LogP contribution is 2.43. The molecule has 6 nitrogen and oxygen atoms in total. The van der Waals surface area contributed by atoms with E-state index in [0.29, 0.717) is 23.5 Å². The van der Waals surface area contributed by atoms with Crippen LogP contribution in [0.25, 0.3) is 5.76 Å². The molecule has 0 saturated carbocycles. The lowest BCUT2D eigenvalue weighted by Crippen LogP contribution is -2.29. The molecule has 2 aliphatic heterocycles. The lowest BCUT2D eigenvalue weighted by molar-refractivity contribution is -0.132. The van der Waals surface area contributed by atoms with Crippen molar-refractivity contribution >= 4 is 23.1 Å². The van der Waals surface area contributed by atoms with Crippen LogP contribution in [0.4, 0.5) is 10.1 Å². The van der Waals surface area contributed by atoms with Gasteiger partial charge in [-0.3, -0.25) is 14.5 Å². The van der Waals surface area contributed by atoms with Gasteiger partial charge in [0.15, 0.2) is 0 Å². The lowest BCUT2D eigenvalue weighted by atomic mass is 9.94. The Morgan fingerprint density at radius 3 is 2.62 bits per heavy atom. The molecule has 1 fully saturated rings. The maximum Gasteiger partial charge on any atom is 0.300 e. The second-order valence-corrected chi connectivity index (χ2v) is 8.20. The highest BCUT2D eigenvalue weighted by molar-refractivity contribution is 6.51. The summed E-state index contributed by atoms with van der Waals surface area (Å²) in [6.45, 7) is 0.633. The third-order valence-corrected chi connectivity index (χ3v) is 6.14. The quantitative estimate of drug-likeness (QED) is 0.345. The molecule has 0 bridgehead atoms. The van der Waals surface area contributed by atoms with Gasteiger partial charge in [0, 0.05) is 11.3 Å². The molecule has 0 aromatic heterocycles. The van der Waals surface area contributed by atoms with E-state index < -0.39 is 23.5 Å². The summed E-state index contributed by atoms with van der Waals surface area (Å²) in [5, 5.41) is 11.3. The van der Waals surface area contributed by atoms with Crippen LogP contribution < -0.4 is 14.4 Å². The number of ether oxygens (including phenoxy) is 2. The van der Waals surface area contributed by atoms with E-state index in [2.05, 4.69) is 0 Å². The van der Waals surface area contributed by atoms with Crippen molar-refractivity contribution in [2.75, 3.05) is 18.6 Å². The Kier molecular flexibility index (Phi) is 5.53. The normalized spacial score (nSPS) is 19.0. The van der Waals surface area contributed by atoms with Crippen LogP contribution in [0.1, 0.15) is 29.2 Å². The van der Waals surface area contributed by atoms with Crippen molar-refractivity contribution in [3.63, 3.8) is 0 Å². The van der Waals surface area contributed by atoms with Gasteiger partial charge in [-0.2, -0.15) is 0 Å². The predicted octanol–water partition coefficient (Wildman–Crippen LogP) is 4.79. The first kappa shape index (κ1) is 21.7. The number of aliphatic hydroxyl groups excluding tert-OH is 1. The number of methoxy groups -OCH3 is 1. The zero-order chi connectivity index (χ0) is 23.8. The fraction of sp³-hybridized carbons (Fsp3) is 0.185. The molecule has 34 heavy (non-hydrogen) atoms. The third-order valence-electron chi connectivity index (χ3n) is 6.14. The lowest BCUT2D eigenvalue weighted by Gasteiger charge is -2.25. The summed E-state index contributed by atoms with van der Waals surface area (Å²) in [5.41, 5.74) is 2.08. The number of Topliss-reactive ketones (excluding diaryl/α,β-unsaturated/α-hetero) is 1. The average molecular weight is 459 g/mol. The van der Waals surface area contributed by atoms with Crippen LogP contribution in [-0.4, -0.2) is 30.5 Å². The van der Waals surface area contributed by atoms with Gasteiger partial charge < -0.3 is 14.6 Å². The van der Waals surface area contributed by atoms with Crippen LogP contribution in [0.2, 0.25) is 0 Å². The molecule has 2 aliphatic rings. The average Bonchev–Trinajstić information content (AvgIpc) is 3.13. The topological polar surface area (TPSA) is 76.1 Å². The Bertz CT molecular complexity index is 1310. The third kappa shape index (κ3) is 3.69. The molecule has 0 radical (unpaired) electrons. The number of rotatable bonds is 4.